The highest BCUT2D eigenvalue weighted by Gasteiger charge is 2.38. The molecule has 1 fully saturated rings. The molecule has 21 heavy (non-hydrogen) atoms. The summed E-state index contributed by atoms with van der Waals surface area (Å²) >= 11 is 0. The van der Waals surface area contributed by atoms with Crippen LogP contribution in [0.4, 0.5) is 11.5 Å². The Hall–Kier alpha value is -2.23. The third kappa shape index (κ3) is 3.27. The molecule has 0 saturated heterocycles. The molecule has 2 atom stereocenters. The van der Waals surface area contributed by atoms with Crippen molar-refractivity contribution >= 4 is 11.5 Å². The van der Waals surface area contributed by atoms with Crippen molar-refractivity contribution in [1.29, 1.82) is 0 Å². The van der Waals surface area contributed by atoms with Gasteiger partial charge in [-0.15, -0.1) is 0 Å². The summed E-state index contributed by atoms with van der Waals surface area (Å²) in [7, 11) is 0. The van der Waals surface area contributed by atoms with Gasteiger partial charge < -0.3 is 15.8 Å². The smallest absolute Gasteiger partial charge is 0.239 e. The molecule has 1 saturated carbocycles. The molecule has 0 aliphatic heterocycles. The van der Waals surface area contributed by atoms with E-state index < -0.39 is 0 Å². The number of anilines is 2. The van der Waals surface area contributed by atoms with Gasteiger partial charge in [-0.1, -0.05) is 37.3 Å². The summed E-state index contributed by atoms with van der Waals surface area (Å²) in [6.07, 6.45) is 2.08. The Kier molecular flexibility index (Phi) is 3.95. The Labute approximate surface area is 125 Å². The Bertz CT molecular complexity index is 600. The van der Waals surface area contributed by atoms with E-state index in [-0.39, 0.29) is 0 Å². The van der Waals surface area contributed by atoms with Gasteiger partial charge in [-0.25, -0.2) is 0 Å². The Morgan fingerprint density at radius 3 is 2.81 bits per heavy atom. The third-order valence-electron chi connectivity index (χ3n) is 3.68. The number of aromatic nitrogens is 1. The van der Waals surface area contributed by atoms with Crippen LogP contribution >= 0.6 is 0 Å². The summed E-state index contributed by atoms with van der Waals surface area (Å²) in [5.41, 5.74) is 7.85. The van der Waals surface area contributed by atoms with Gasteiger partial charge in [0.2, 0.25) is 5.88 Å². The summed E-state index contributed by atoms with van der Waals surface area (Å²) in [5, 5.41) is 3.46. The first-order chi connectivity index (χ1) is 10.3. The molecule has 2 aromatic rings. The van der Waals surface area contributed by atoms with Crippen LogP contribution in [0.5, 0.6) is 5.88 Å². The fourth-order valence-corrected chi connectivity index (χ4v) is 2.46. The van der Waals surface area contributed by atoms with Crippen LogP contribution in [0.2, 0.25) is 0 Å². The molecule has 4 heteroatoms. The van der Waals surface area contributed by atoms with Crippen LogP contribution in [0.3, 0.4) is 0 Å². The average molecular weight is 283 g/mol. The van der Waals surface area contributed by atoms with Gasteiger partial charge in [0.25, 0.3) is 0 Å². The van der Waals surface area contributed by atoms with Crippen LogP contribution in [0.1, 0.15) is 31.2 Å². The molecule has 1 heterocycles. The van der Waals surface area contributed by atoms with Gasteiger partial charge in [-0.05, 0) is 30.5 Å². The number of nitrogen functional groups attached to an aromatic ring is 1. The molecule has 1 aromatic carbocycles. The zero-order valence-corrected chi connectivity index (χ0v) is 12.3. The van der Waals surface area contributed by atoms with Gasteiger partial charge in [0.15, 0.2) is 0 Å². The van der Waals surface area contributed by atoms with E-state index in [0.717, 1.165) is 18.7 Å². The number of ether oxygens (including phenoxy) is 1. The minimum absolute atomic E-state index is 0.447. The van der Waals surface area contributed by atoms with Crippen LogP contribution < -0.4 is 15.8 Å². The second-order valence-electron chi connectivity index (χ2n) is 5.44. The molecule has 0 amide bonds. The average Bonchev–Trinajstić information content (AvgIpc) is 3.28. The van der Waals surface area contributed by atoms with Crippen molar-refractivity contribution < 1.29 is 4.74 Å². The van der Waals surface area contributed by atoms with E-state index in [0.29, 0.717) is 30.1 Å². The minimum Gasteiger partial charge on any atom is -0.476 e. The fourth-order valence-electron chi connectivity index (χ4n) is 2.46. The molecule has 0 bridgehead atoms. The second kappa shape index (κ2) is 6.04. The van der Waals surface area contributed by atoms with Crippen molar-refractivity contribution in [3.05, 3.63) is 48.0 Å². The van der Waals surface area contributed by atoms with E-state index in [4.69, 9.17) is 10.5 Å². The van der Waals surface area contributed by atoms with Crippen LogP contribution in [0, 0.1) is 0 Å². The zero-order chi connectivity index (χ0) is 14.7. The number of benzene rings is 1. The lowest BCUT2D eigenvalue weighted by molar-refractivity contribution is 0.307. The lowest BCUT2D eigenvalue weighted by Crippen LogP contribution is -2.08. The van der Waals surface area contributed by atoms with E-state index in [1.807, 2.05) is 18.2 Å². The van der Waals surface area contributed by atoms with Crippen molar-refractivity contribution in [3.8, 4) is 5.88 Å². The Balaban J connectivity index is 1.64. The van der Waals surface area contributed by atoms with E-state index in [9.17, 15) is 0 Å². The van der Waals surface area contributed by atoms with Gasteiger partial charge >= 0.3 is 0 Å². The molecule has 0 spiro atoms. The van der Waals surface area contributed by atoms with Gasteiger partial charge in [0.1, 0.15) is 5.82 Å². The zero-order valence-electron chi connectivity index (χ0n) is 12.3. The summed E-state index contributed by atoms with van der Waals surface area (Å²) in [5.74, 6) is 1.93. The van der Waals surface area contributed by atoms with E-state index in [2.05, 4.69) is 41.5 Å². The monoisotopic (exact) mass is 283 g/mol. The van der Waals surface area contributed by atoms with Crippen LogP contribution in [0.25, 0.3) is 0 Å². The summed E-state index contributed by atoms with van der Waals surface area (Å²) in [6.45, 7) is 2.70. The SMILES string of the molecule is CCCOc1nc(NC2CC2c2ccccc2)ccc1N. The van der Waals surface area contributed by atoms with Crippen LogP contribution in [-0.2, 0) is 0 Å². The first-order valence-electron chi connectivity index (χ1n) is 7.48. The number of hydrogen-bond donors (Lipinski definition) is 2. The standard InChI is InChI=1S/C17H21N3O/c1-2-10-21-17-14(18)8-9-16(20-17)19-15-11-13(15)12-6-4-3-5-7-12/h3-9,13,15H,2,10-11,18H2,1H3,(H,19,20). The summed E-state index contributed by atoms with van der Waals surface area (Å²) < 4.78 is 5.56. The summed E-state index contributed by atoms with van der Waals surface area (Å²) in [6, 6.07) is 14.8. The van der Waals surface area contributed by atoms with E-state index in [1.54, 1.807) is 0 Å². The van der Waals surface area contributed by atoms with Crippen molar-refractivity contribution in [2.75, 3.05) is 17.7 Å². The number of nitrogens with one attached hydrogen (secondary N) is 1. The largest absolute Gasteiger partial charge is 0.476 e. The minimum atomic E-state index is 0.447. The van der Waals surface area contributed by atoms with Gasteiger partial charge in [-0.2, -0.15) is 4.98 Å². The first-order valence-corrected chi connectivity index (χ1v) is 7.48. The normalized spacial score (nSPS) is 20.0. The predicted octanol–water partition coefficient (Wildman–Crippen LogP) is 3.42. The molecule has 2 unspecified atom stereocenters. The third-order valence-corrected chi connectivity index (χ3v) is 3.68. The highest BCUT2D eigenvalue weighted by molar-refractivity contribution is 5.54. The molecule has 3 N–H and O–H groups in total. The number of hydrogen-bond acceptors (Lipinski definition) is 4. The van der Waals surface area contributed by atoms with Crippen molar-refractivity contribution in [3.63, 3.8) is 0 Å². The van der Waals surface area contributed by atoms with E-state index in [1.165, 1.54) is 5.56 Å². The molecule has 3 rings (SSSR count). The Morgan fingerprint density at radius 1 is 1.24 bits per heavy atom. The molecule has 110 valence electrons. The topological polar surface area (TPSA) is 60.2 Å². The molecular weight excluding hydrogens is 262 g/mol. The number of nitrogens with two attached hydrogens (primary N) is 1. The molecule has 4 nitrogen and oxygen atoms in total. The van der Waals surface area contributed by atoms with Crippen molar-refractivity contribution in [2.24, 2.45) is 0 Å². The lowest BCUT2D eigenvalue weighted by Gasteiger charge is -2.10. The molecule has 1 aromatic heterocycles. The highest BCUT2D eigenvalue weighted by Crippen LogP contribution is 2.42. The predicted molar refractivity (Wildman–Crippen MR) is 85.6 cm³/mol. The second-order valence-corrected chi connectivity index (χ2v) is 5.44. The van der Waals surface area contributed by atoms with Gasteiger partial charge in [0.05, 0.1) is 12.3 Å². The van der Waals surface area contributed by atoms with E-state index >= 15 is 0 Å². The maximum Gasteiger partial charge on any atom is 0.239 e. The van der Waals surface area contributed by atoms with Crippen molar-refractivity contribution in [1.82, 2.24) is 4.98 Å². The number of rotatable bonds is 6. The summed E-state index contributed by atoms with van der Waals surface area (Å²) in [4.78, 5) is 4.46. The molecule has 1 aliphatic carbocycles. The molecule has 0 radical (unpaired) electrons. The fraction of sp³-hybridized carbons (Fsp3) is 0.353. The van der Waals surface area contributed by atoms with Crippen LogP contribution in [0.15, 0.2) is 42.5 Å². The van der Waals surface area contributed by atoms with Crippen LogP contribution in [-0.4, -0.2) is 17.6 Å². The lowest BCUT2D eigenvalue weighted by atomic mass is 10.1. The Morgan fingerprint density at radius 2 is 2.05 bits per heavy atom. The molecule has 1 aliphatic rings. The maximum absolute atomic E-state index is 5.88. The van der Waals surface area contributed by atoms with Crippen molar-refractivity contribution in [2.45, 2.75) is 31.7 Å². The molecular formula is C17H21N3O. The number of nitrogens with zero attached hydrogens (tertiary/aromatic N) is 1. The maximum atomic E-state index is 5.88. The quantitative estimate of drug-likeness (QED) is 0.852. The first kappa shape index (κ1) is 13.7. The highest BCUT2D eigenvalue weighted by atomic mass is 16.5. The van der Waals surface area contributed by atoms with Gasteiger partial charge in [0, 0.05) is 12.0 Å². The number of pyridine rings is 1. The van der Waals surface area contributed by atoms with Gasteiger partial charge in [-0.3, -0.25) is 0 Å².